The molecule has 0 bridgehead atoms. The fourth-order valence-corrected chi connectivity index (χ4v) is 4.56. The van der Waals surface area contributed by atoms with Gasteiger partial charge in [0.05, 0.1) is 0 Å². The second-order valence-corrected chi connectivity index (χ2v) is 7.81. The number of benzene rings is 2. The second kappa shape index (κ2) is 7.89. The molecule has 7 heteroatoms. The maximum Gasteiger partial charge on any atom is 0.318 e. The van der Waals surface area contributed by atoms with E-state index in [0.717, 1.165) is 28.3 Å². The van der Waals surface area contributed by atoms with Crippen molar-refractivity contribution < 1.29 is 9.59 Å². The zero-order valence-corrected chi connectivity index (χ0v) is 16.9. The van der Waals surface area contributed by atoms with Gasteiger partial charge in [-0.3, -0.25) is 15.0 Å². The van der Waals surface area contributed by atoms with Crippen molar-refractivity contribution >= 4 is 34.4 Å². The fraction of sp³-hybridized carbons (Fsp3) is 0.273. The molecule has 150 valence electrons. The number of carbonyl (C=O) groups is 2. The number of imide groups is 1. The van der Waals surface area contributed by atoms with Crippen LogP contribution in [0.25, 0.3) is 10.9 Å². The third-order valence-corrected chi connectivity index (χ3v) is 6.02. The smallest absolute Gasteiger partial charge is 0.318 e. The summed E-state index contributed by atoms with van der Waals surface area (Å²) in [5, 5.41) is 4.06. The summed E-state index contributed by atoms with van der Waals surface area (Å²) in [7, 11) is 0. The molecular weight excluding hydrogens is 388 g/mol. The van der Waals surface area contributed by atoms with Crippen molar-refractivity contribution in [2.45, 2.75) is 25.3 Å². The summed E-state index contributed by atoms with van der Waals surface area (Å²) in [6, 6.07) is 15.5. The molecule has 2 aromatic carbocycles. The van der Waals surface area contributed by atoms with E-state index in [9.17, 15) is 9.59 Å². The van der Waals surface area contributed by atoms with Crippen LogP contribution in [-0.4, -0.2) is 34.9 Å². The minimum atomic E-state index is -0.825. The Hall–Kier alpha value is -2.83. The van der Waals surface area contributed by atoms with Gasteiger partial charge in [0.2, 0.25) is 5.91 Å². The number of aromatic nitrogens is 1. The lowest BCUT2D eigenvalue weighted by molar-refractivity contribution is -0.120. The molecule has 1 aliphatic heterocycles. The Bertz CT molecular complexity index is 1080. The van der Waals surface area contributed by atoms with E-state index in [4.69, 9.17) is 17.3 Å². The Kier molecular flexibility index (Phi) is 5.30. The van der Waals surface area contributed by atoms with E-state index in [1.54, 1.807) is 0 Å². The van der Waals surface area contributed by atoms with Gasteiger partial charge in [0.25, 0.3) is 0 Å². The number of hydrogen-bond donors (Lipinski definition) is 3. The van der Waals surface area contributed by atoms with E-state index in [2.05, 4.69) is 40.3 Å². The largest absolute Gasteiger partial charge is 0.357 e. The molecule has 2 unspecified atom stereocenters. The predicted molar refractivity (Wildman–Crippen MR) is 114 cm³/mol. The Morgan fingerprint density at radius 3 is 2.69 bits per heavy atom. The van der Waals surface area contributed by atoms with Crippen LogP contribution in [0.1, 0.15) is 42.1 Å². The number of H-pyrrole nitrogens is 1. The van der Waals surface area contributed by atoms with Gasteiger partial charge < -0.3 is 10.7 Å². The topological polar surface area (TPSA) is 91.2 Å². The minimum Gasteiger partial charge on any atom is -0.357 e. The molecular formula is C22H23ClN4O2. The Morgan fingerprint density at radius 1 is 1.21 bits per heavy atom. The fourth-order valence-electron chi connectivity index (χ4n) is 4.30. The lowest BCUT2D eigenvalue weighted by Gasteiger charge is -2.38. The lowest BCUT2D eigenvalue weighted by atomic mass is 9.83. The molecule has 4 N–H and O–H groups in total. The second-order valence-electron chi connectivity index (χ2n) is 7.41. The van der Waals surface area contributed by atoms with Crippen LogP contribution in [0.5, 0.6) is 0 Å². The van der Waals surface area contributed by atoms with Gasteiger partial charge in [0, 0.05) is 53.1 Å². The Morgan fingerprint density at radius 2 is 1.93 bits per heavy atom. The minimum absolute atomic E-state index is 0.0743. The van der Waals surface area contributed by atoms with Crippen molar-refractivity contribution in [2.24, 2.45) is 5.73 Å². The van der Waals surface area contributed by atoms with Gasteiger partial charge >= 0.3 is 6.03 Å². The van der Waals surface area contributed by atoms with Gasteiger partial charge in [-0.25, -0.2) is 4.79 Å². The number of carbonyl (C=O) groups excluding carboxylic acids is 2. The van der Waals surface area contributed by atoms with Crippen molar-refractivity contribution in [1.82, 2.24) is 15.2 Å². The summed E-state index contributed by atoms with van der Waals surface area (Å²) in [4.78, 5) is 28.7. The van der Waals surface area contributed by atoms with E-state index in [1.807, 2.05) is 30.3 Å². The first kappa shape index (κ1) is 19.5. The summed E-state index contributed by atoms with van der Waals surface area (Å²) in [5.41, 5.74) is 9.61. The Labute approximate surface area is 174 Å². The first-order chi connectivity index (χ1) is 14.0. The van der Waals surface area contributed by atoms with Crippen LogP contribution in [0.4, 0.5) is 4.79 Å². The number of aromatic amines is 1. The monoisotopic (exact) mass is 410 g/mol. The van der Waals surface area contributed by atoms with Gasteiger partial charge in [-0.2, -0.15) is 0 Å². The van der Waals surface area contributed by atoms with E-state index in [-0.39, 0.29) is 24.3 Å². The summed E-state index contributed by atoms with van der Waals surface area (Å²) in [6.45, 7) is 3.36. The molecule has 0 spiro atoms. The number of para-hydroxylation sites is 1. The van der Waals surface area contributed by atoms with Crippen molar-refractivity contribution in [1.29, 1.82) is 0 Å². The van der Waals surface area contributed by atoms with Crippen LogP contribution in [0.15, 0.2) is 48.5 Å². The average molecular weight is 411 g/mol. The molecule has 6 nitrogen and oxygen atoms in total. The number of amides is 3. The molecule has 2 heterocycles. The van der Waals surface area contributed by atoms with Crippen LogP contribution in [0.2, 0.25) is 5.02 Å². The zero-order valence-electron chi connectivity index (χ0n) is 16.1. The van der Waals surface area contributed by atoms with Gasteiger partial charge in [-0.05, 0) is 30.2 Å². The number of rotatable bonds is 4. The highest BCUT2D eigenvalue weighted by Crippen LogP contribution is 2.44. The molecule has 0 aliphatic carbocycles. The summed E-state index contributed by atoms with van der Waals surface area (Å²) in [5.74, 6) is -0.299. The Balaban J connectivity index is 1.73. The highest BCUT2D eigenvalue weighted by molar-refractivity contribution is 6.31. The van der Waals surface area contributed by atoms with Crippen LogP contribution < -0.4 is 11.1 Å². The highest BCUT2D eigenvalue weighted by Gasteiger charge is 2.35. The first-order valence-corrected chi connectivity index (χ1v) is 10.0. The van der Waals surface area contributed by atoms with Crippen molar-refractivity contribution in [3.8, 4) is 0 Å². The standard InChI is InChI=1S/C22H23ClN4O2/c1-13-21-20(15-7-3-5-9-18(15)25-21)16(14-6-2-4-8-17(14)23)12-27(13)11-10-19(28)26-22(24)29/h2-9,13,16,25H,10-12H2,1H3,(H3,24,26,28,29). The third kappa shape index (κ3) is 3.73. The lowest BCUT2D eigenvalue weighted by Crippen LogP contribution is -2.41. The molecule has 0 saturated carbocycles. The van der Waals surface area contributed by atoms with E-state index in [0.29, 0.717) is 6.54 Å². The molecule has 4 rings (SSSR count). The molecule has 0 radical (unpaired) electrons. The molecule has 29 heavy (non-hydrogen) atoms. The van der Waals surface area contributed by atoms with Crippen LogP contribution in [0.3, 0.4) is 0 Å². The number of nitrogens with two attached hydrogens (primary N) is 1. The average Bonchev–Trinajstić information content (AvgIpc) is 3.08. The summed E-state index contributed by atoms with van der Waals surface area (Å²) < 4.78 is 0. The molecule has 0 saturated heterocycles. The SMILES string of the molecule is CC1c2[nH]c3ccccc3c2C(c2ccccc2Cl)CN1CCC(=O)NC(N)=O. The molecule has 2 atom stereocenters. The summed E-state index contributed by atoms with van der Waals surface area (Å²) >= 11 is 6.57. The van der Waals surface area contributed by atoms with Gasteiger partial charge in [-0.1, -0.05) is 48.0 Å². The van der Waals surface area contributed by atoms with Crippen LogP contribution in [0, 0.1) is 0 Å². The number of halogens is 1. The maximum absolute atomic E-state index is 11.9. The highest BCUT2D eigenvalue weighted by atomic mass is 35.5. The predicted octanol–water partition coefficient (Wildman–Crippen LogP) is 3.91. The third-order valence-electron chi connectivity index (χ3n) is 5.68. The van der Waals surface area contributed by atoms with Crippen molar-refractivity contribution in [2.75, 3.05) is 13.1 Å². The van der Waals surface area contributed by atoms with Crippen LogP contribution in [-0.2, 0) is 4.79 Å². The van der Waals surface area contributed by atoms with E-state index < -0.39 is 6.03 Å². The zero-order chi connectivity index (χ0) is 20.5. The summed E-state index contributed by atoms with van der Waals surface area (Å²) in [6.07, 6.45) is 0.193. The van der Waals surface area contributed by atoms with Crippen molar-refractivity contribution in [3.05, 3.63) is 70.4 Å². The number of hydrogen-bond acceptors (Lipinski definition) is 3. The molecule has 3 amide bonds. The number of primary amides is 1. The van der Waals surface area contributed by atoms with Gasteiger partial charge in [0.15, 0.2) is 0 Å². The number of urea groups is 1. The number of nitrogens with one attached hydrogen (secondary N) is 2. The number of fused-ring (bicyclic) bond motifs is 3. The molecule has 0 fully saturated rings. The maximum atomic E-state index is 11.9. The first-order valence-electron chi connectivity index (χ1n) is 9.64. The van der Waals surface area contributed by atoms with E-state index >= 15 is 0 Å². The quantitative estimate of drug-likeness (QED) is 0.608. The van der Waals surface area contributed by atoms with Crippen LogP contribution >= 0.6 is 11.6 Å². The molecule has 1 aromatic heterocycles. The molecule has 1 aliphatic rings. The molecule has 3 aromatic rings. The van der Waals surface area contributed by atoms with Gasteiger partial charge in [-0.15, -0.1) is 0 Å². The van der Waals surface area contributed by atoms with Gasteiger partial charge in [0.1, 0.15) is 0 Å². The normalized spacial score (nSPS) is 19.1. The van der Waals surface area contributed by atoms with Crippen molar-refractivity contribution in [3.63, 3.8) is 0 Å². The number of nitrogens with zero attached hydrogens (tertiary/aromatic N) is 1. The van der Waals surface area contributed by atoms with E-state index in [1.165, 1.54) is 10.9 Å².